The molecule has 1 aliphatic rings. The molecule has 0 saturated heterocycles. The Morgan fingerprint density at radius 1 is 1.30 bits per heavy atom. The van der Waals surface area contributed by atoms with Crippen LogP contribution in [0.1, 0.15) is 36.5 Å². The van der Waals surface area contributed by atoms with Crippen LogP contribution < -0.4 is 4.90 Å². The number of hydrogen-bond acceptors (Lipinski definition) is 4. The summed E-state index contributed by atoms with van der Waals surface area (Å²) in [5.74, 6) is -0.0465. The van der Waals surface area contributed by atoms with E-state index in [2.05, 4.69) is 23.9 Å². The second kappa shape index (κ2) is 5.44. The summed E-state index contributed by atoms with van der Waals surface area (Å²) >= 11 is 0. The number of aromatic hydroxyl groups is 1. The van der Waals surface area contributed by atoms with E-state index in [0.29, 0.717) is 5.56 Å². The Hall–Kier alpha value is -1.55. The van der Waals surface area contributed by atoms with Crippen molar-refractivity contribution in [1.29, 1.82) is 0 Å². The molecule has 1 aromatic rings. The number of nitrogens with zero attached hydrogens (tertiary/aromatic N) is 2. The van der Waals surface area contributed by atoms with Crippen LogP contribution in [-0.4, -0.2) is 49.0 Å². The lowest BCUT2D eigenvalue weighted by Gasteiger charge is -2.49. The molecule has 0 spiro atoms. The fourth-order valence-corrected chi connectivity index (χ4v) is 2.92. The van der Waals surface area contributed by atoms with Crippen molar-refractivity contribution in [2.24, 2.45) is 0 Å². The third-order valence-electron chi connectivity index (χ3n) is 4.57. The molecule has 20 heavy (non-hydrogen) atoms. The van der Waals surface area contributed by atoms with Crippen LogP contribution in [0.4, 0.5) is 5.69 Å². The minimum atomic E-state index is -0.111. The van der Waals surface area contributed by atoms with Gasteiger partial charge in [-0.15, -0.1) is 0 Å². The molecule has 0 heterocycles. The van der Waals surface area contributed by atoms with E-state index in [1.54, 1.807) is 12.1 Å². The molecule has 1 saturated carbocycles. The van der Waals surface area contributed by atoms with Crippen molar-refractivity contribution in [3.63, 3.8) is 0 Å². The molecule has 2 rings (SSSR count). The molecule has 0 atom stereocenters. The highest BCUT2D eigenvalue weighted by atomic mass is 16.3. The fraction of sp³-hybridized carbons (Fsp3) is 0.562. The summed E-state index contributed by atoms with van der Waals surface area (Å²) in [6, 6.07) is 5.28. The average Bonchev–Trinajstić information content (AvgIpc) is 2.32. The average molecular weight is 276 g/mol. The predicted octanol–water partition coefficient (Wildman–Crippen LogP) is 2.52. The number of rotatable bonds is 5. The van der Waals surface area contributed by atoms with Crippen molar-refractivity contribution in [3.8, 4) is 5.75 Å². The monoisotopic (exact) mass is 276 g/mol. The fourth-order valence-electron chi connectivity index (χ4n) is 2.92. The molecule has 0 bridgehead atoms. The van der Waals surface area contributed by atoms with Gasteiger partial charge in [0, 0.05) is 30.9 Å². The number of benzene rings is 1. The van der Waals surface area contributed by atoms with E-state index >= 15 is 0 Å². The largest absolute Gasteiger partial charge is 0.507 e. The maximum absolute atomic E-state index is 11.3. The summed E-state index contributed by atoms with van der Waals surface area (Å²) in [7, 11) is 6.29. The van der Waals surface area contributed by atoms with Gasteiger partial charge >= 0.3 is 0 Å². The molecular formula is C16H24N2O2. The Labute approximate surface area is 121 Å². The van der Waals surface area contributed by atoms with Gasteiger partial charge in [0.15, 0.2) is 5.78 Å². The first-order valence-corrected chi connectivity index (χ1v) is 7.08. The maximum atomic E-state index is 11.3. The predicted molar refractivity (Wildman–Crippen MR) is 81.7 cm³/mol. The second-order valence-corrected chi connectivity index (χ2v) is 6.09. The molecule has 1 N–H and O–H groups in total. The zero-order valence-corrected chi connectivity index (χ0v) is 12.8. The number of carbonyl (C=O) groups is 1. The van der Waals surface area contributed by atoms with Crippen LogP contribution in [0.5, 0.6) is 5.75 Å². The molecule has 0 aliphatic heterocycles. The normalized spacial score (nSPS) is 16.9. The smallest absolute Gasteiger partial charge is 0.163 e. The highest BCUT2D eigenvalue weighted by molar-refractivity contribution is 5.97. The number of phenolic OH excluding ortho intramolecular Hbond substituents is 1. The summed E-state index contributed by atoms with van der Waals surface area (Å²) in [5.41, 5.74) is 1.57. The van der Waals surface area contributed by atoms with Crippen molar-refractivity contribution in [2.45, 2.75) is 31.7 Å². The minimum absolute atomic E-state index is 0.0642. The first-order valence-electron chi connectivity index (χ1n) is 7.08. The van der Waals surface area contributed by atoms with Crippen molar-refractivity contribution in [3.05, 3.63) is 23.8 Å². The summed E-state index contributed by atoms with van der Waals surface area (Å²) in [6.45, 7) is 2.40. The van der Waals surface area contributed by atoms with Gasteiger partial charge in [0.25, 0.3) is 0 Å². The van der Waals surface area contributed by atoms with Crippen LogP contribution in [0, 0.1) is 0 Å². The van der Waals surface area contributed by atoms with Gasteiger partial charge in [0.1, 0.15) is 5.75 Å². The lowest BCUT2D eigenvalue weighted by atomic mass is 9.75. The van der Waals surface area contributed by atoms with E-state index in [9.17, 15) is 9.90 Å². The summed E-state index contributed by atoms with van der Waals surface area (Å²) in [6.07, 6.45) is 3.70. The Morgan fingerprint density at radius 2 is 1.95 bits per heavy atom. The second-order valence-electron chi connectivity index (χ2n) is 6.09. The van der Waals surface area contributed by atoms with Gasteiger partial charge in [-0.1, -0.05) is 0 Å². The highest BCUT2D eigenvalue weighted by Crippen LogP contribution is 2.37. The molecule has 0 amide bonds. The van der Waals surface area contributed by atoms with E-state index in [4.69, 9.17) is 0 Å². The zero-order valence-electron chi connectivity index (χ0n) is 12.8. The number of likely N-dealkylation sites (N-methyl/N-ethyl adjacent to an activating group) is 2. The van der Waals surface area contributed by atoms with E-state index in [-0.39, 0.29) is 17.1 Å². The highest BCUT2D eigenvalue weighted by Gasteiger charge is 2.39. The molecule has 1 aliphatic carbocycles. The number of hydrogen-bond donors (Lipinski definition) is 1. The van der Waals surface area contributed by atoms with Gasteiger partial charge < -0.3 is 14.9 Å². The molecule has 1 fully saturated rings. The Morgan fingerprint density at radius 3 is 2.35 bits per heavy atom. The van der Waals surface area contributed by atoms with E-state index in [0.717, 1.165) is 12.2 Å². The number of ketones is 1. The molecule has 110 valence electrons. The van der Waals surface area contributed by atoms with Crippen LogP contribution >= 0.6 is 0 Å². The van der Waals surface area contributed by atoms with Gasteiger partial charge in [-0.05, 0) is 52.4 Å². The number of carbonyl (C=O) groups excluding carboxylic acids is 1. The molecule has 1 aromatic carbocycles. The first-order chi connectivity index (χ1) is 9.35. The SMILES string of the molecule is CC(=O)c1ccc(N(C)CC2(N(C)C)CCC2)cc1O. The van der Waals surface area contributed by atoms with Crippen LogP contribution in [0.15, 0.2) is 18.2 Å². The van der Waals surface area contributed by atoms with Crippen molar-refractivity contribution < 1.29 is 9.90 Å². The van der Waals surface area contributed by atoms with Gasteiger partial charge in [0.05, 0.1) is 5.56 Å². The molecule has 0 aromatic heterocycles. The van der Waals surface area contributed by atoms with Crippen LogP contribution in [0.25, 0.3) is 0 Å². The number of anilines is 1. The van der Waals surface area contributed by atoms with Crippen LogP contribution in [0.2, 0.25) is 0 Å². The van der Waals surface area contributed by atoms with Gasteiger partial charge in [-0.3, -0.25) is 4.79 Å². The summed E-state index contributed by atoms with van der Waals surface area (Å²) < 4.78 is 0. The van der Waals surface area contributed by atoms with Gasteiger partial charge in [-0.25, -0.2) is 0 Å². The quantitative estimate of drug-likeness (QED) is 0.839. The van der Waals surface area contributed by atoms with E-state index < -0.39 is 0 Å². The van der Waals surface area contributed by atoms with Gasteiger partial charge in [-0.2, -0.15) is 0 Å². The Bertz CT molecular complexity index is 507. The standard InChI is InChI=1S/C16H24N2O2/c1-12(19)14-7-6-13(10-15(14)20)18(4)11-16(17(2)3)8-5-9-16/h6-7,10,20H,5,8-9,11H2,1-4H3. The molecule has 4 nitrogen and oxygen atoms in total. The summed E-state index contributed by atoms with van der Waals surface area (Å²) in [5, 5.41) is 9.93. The number of phenols is 1. The molecule has 4 heteroatoms. The Balaban J connectivity index is 2.15. The van der Waals surface area contributed by atoms with Crippen LogP contribution in [0.3, 0.4) is 0 Å². The maximum Gasteiger partial charge on any atom is 0.163 e. The van der Waals surface area contributed by atoms with E-state index in [1.165, 1.54) is 26.2 Å². The zero-order chi connectivity index (χ0) is 14.9. The molecular weight excluding hydrogens is 252 g/mol. The lowest BCUT2D eigenvalue weighted by molar-refractivity contribution is 0.0683. The Kier molecular flexibility index (Phi) is 4.04. The number of Topliss-reactive ketones (excluding diaryl/α,β-unsaturated/α-hetero) is 1. The lowest BCUT2D eigenvalue weighted by Crippen LogP contribution is -2.56. The molecule has 0 unspecified atom stereocenters. The van der Waals surface area contributed by atoms with Crippen molar-refractivity contribution in [1.82, 2.24) is 4.90 Å². The third kappa shape index (κ3) is 2.66. The van der Waals surface area contributed by atoms with Gasteiger partial charge in [0.2, 0.25) is 0 Å². The van der Waals surface area contributed by atoms with E-state index in [1.807, 2.05) is 13.1 Å². The van der Waals surface area contributed by atoms with Crippen LogP contribution in [-0.2, 0) is 0 Å². The minimum Gasteiger partial charge on any atom is -0.507 e. The molecule has 0 radical (unpaired) electrons. The topological polar surface area (TPSA) is 43.8 Å². The van der Waals surface area contributed by atoms with Crippen molar-refractivity contribution >= 4 is 11.5 Å². The van der Waals surface area contributed by atoms with Crippen molar-refractivity contribution in [2.75, 3.05) is 32.6 Å². The third-order valence-corrected chi connectivity index (χ3v) is 4.57. The first kappa shape index (κ1) is 14.9. The summed E-state index contributed by atoms with van der Waals surface area (Å²) in [4.78, 5) is 15.8.